The minimum atomic E-state index is -1.07. The maximum absolute atomic E-state index is 13.9. The van der Waals surface area contributed by atoms with Crippen LogP contribution in [0.1, 0.15) is 17.8 Å². The number of amides is 1. The van der Waals surface area contributed by atoms with Gasteiger partial charge in [0, 0.05) is 17.0 Å². The van der Waals surface area contributed by atoms with Gasteiger partial charge in [-0.25, -0.2) is 13.8 Å². The summed E-state index contributed by atoms with van der Waals surface area (Å²) in [5, 5.41) is 9.29. The molecule has 0 bridgehead atoms. The molecule has 0 atom stereocenters. The molecule has 1 N–H and O–H groups in total. The van der Waals surface area contributed by atoms with Crippen molar-refractivity contribution >= 4 is 50.9 Å². The summed E-state index contributed by atoms with van der Waals surface area (Å²) in [6, 6.07) is 9.71. The molecule has 0 fully saturated rings. The molecule has 5 nitrogen and oxygen atoms in total. The van der Waals surface area contributed by atoms with Gasteiger partial charge in [0.1, 0.15) is 10.5 Å². The quantitative estimate of drug-likeness (QED) is 0.559. The highest BCUT2D eigenvalue weighted by molar-refractivity contribution is 7.98. The lowest BCUT2D eigenvalue weighted by molar-refractivity contribution is -0.138. The topological polar surface area (TPSA) is 70.5 Å². The van der Waals surface area contributed by atoms with E-state index in [0.717, 1.165) is 22.3 Å². The first-order valence-corrected chi connectivity index (χ1v) is 10.3. The lowest BCUT2D eigenvalue weighted by atomic mass is 10.2. The van der Waals surface area contributed by atoms with Crippen LogP contribution in [0.2, 0.25) is 0 Å². The normalized spacial score (nSPS) is 11.0. The van der Waals surface area contributed by atoms with Crippen molar-refractivity contribution in [2.24, 2.45) is 0 Å². The summed E-state index contributed by atoms with van der Waals surface area (Å²) in [5.74, 6) is -3.45. The molecule has 2 aromatic carbocycles. The Morgan fingerprint density at radius 1 is 1.14 bits per heavy atom. The molecule has 0 aliphatic rings. The second-order valence-electron chi connectivity index (χ2n) is 5.89. The SMILES string of the molecule is CSc1ccc(N(Cc2nc3c(F)c(F)ccc3s2)C(=O)CCC(=O)O)cc1. The smallest absolute Gasteiger partial charge is 0.303 e. The highest BCUT2D eigenvalue weighted by Crippen LogP contribution is 2.29. The number of anilines is 1. The van der Waals surface area contributed by atoms with Crippen LogP contribution < -0.4 is 4.90 Å². The number of benzene rings is 2. The zero-order chi connectivity index (χ0) is 20.3. The van der Waals surface area contributed by atoms with E-state index in [1.807, 2.05) is 18.4 Å². The number of aliphatic carboxylic acids is 1. The van der Waals surface area contributed by atoms with Crippen molar-refractivity contribution in [3.8, 4) is 0 Å². The van der Waals surface area contributed by atoms with E-state index in [-0.39, 0.29) is 30.8 Å². The third kappa shape index (κ3) is 4.48. The van der Waals surface area contributed by atoms with Gasteiger partial charge in [0.05, 0.1) is 17.7 Å². The first kappa shape index (κ1) is 20.2. The van der Waals surface area contributed by atoms with E-state index in [2.05, 4.69) is 4.98 Å². The van der Waals surface area contributed by atoms with Gasteiger partial charge in [-0.2, -0.15) is 0 Å². The Balaban J connectivity index is 1.92. The van der Waals surface area contributed by atoms with Crippen LogP contribution in [0.15, 0.2) is 41.3 Å². The van der Waals surface area contributed by atoms with Crippen molar-refractivity contribution in [3.05, 3.63) is 53.0 Å². The summed E-state index contributed by atoms with van der Waals surface area (Å²) in [6.45, 7) is 0.0392. The predicted molar refractivity (Wildman–Crippen MR) is 106 cm³/mol. The summed E-state index contributed by atoms with van der Waals surface area (Å²) in [5.41, 5.74) is 0.509. The Kier molecular flexibility index (Phi) is 6.25. The van der Waals surface area contributed by atoms with Crippen LogP contribution >= 0.6 is 23.1 Å². The summed E-state index contributed by atoms with van der Waals surface area (Å²) in [6.07, 6.45) is 1.46. The maximum Gasteiger partial charge on any atom is 0.303 e. The van der Waals surface area contributed by atoms with Gasteiger partial charge in [-0.15, -0.1) is 23.1 Å². The van der Waals surface area contributed by atoms with Crippen LogP contribution in [-0.2, 0) is 16.1 Å². The van der Waals surface area contributed by atoms with Crippen molar-refractivity contribution in [2.75, 3.05) is 11.2 Å². The second kappa shape index (κ2) is 8.66. The van der Waals surface area contributed by atoms with Crippen LogP contribution in [-0.4, -0.2) is 28.2 Å². The Bertz CT molecular complexity index is 1020. The third-order valence-electron chi connectivity index (χ3n) is 4.03. The number of nitrogens with zero attached hydrogens (tertiary/aromatic N) is 2. The fourth-order valence-electron chi connectivity index (χ4n) is 2.62. The van der Waals surface area contributed by atoms with E-state index in [9.17, 15) is 18.4 Å². The number of hydrogen-bond donors (Lipinski definition) is 1. The highest BCUT2D eigenvalue weighted by atomic mass is 32.2. The van der Waals surface area contributed by atoms with Crippen LogP contribution in [0.4, 0.5) is 14.5 Å². The van der Waals surface area contributed by atoms with Gasteiger partial charge in [-0.3, -0.25) is 9.59 Å². The van der Waals surface area contributed by atoms with E-state index < -0.39 is 17.6 Å². The molecule has 1 amide bonds. The number of carboxylic acid groups (broad SMARTS) is 1. The largest absolute Gasteiger partial charge is 0.481 e. The summed E-state index contributed by atoms with van der Waals surface area (Å²) in [7, 11) is 0. The Morgan fingerprint density at radius 2 is 1.86 bits per heavy atom. The number of thiazole rings is 1. The zero-order valence-electron chi connectivity index (χ0n) is 14.8. The van der Waals surface area contributed by atoms with E-state index in [4.69, 9.17) is 5.11 Å². The Labute approximate surface area is 168 Å². The number of fused-ring (bicyclic) bond motifs is 1. The number of carbonyl (C=O) groups is 2. The van der Waals surface area contributed by atoms with Gasteiger partial charge in [0.25, 0.3) is 0 Å². The second-order valence-corrected chi connectivity index (χ2v) is 7.88. The van der Waals surface area contributed by atoms with Crippen molar-refractivity contribution in [3.63, 3.8) is 0 Å². The average molecular weight is 422 g/mol. The summed E-state index contributed by atoms with van der Waals surface area (Å²) < 4.78 is 27.8. The van der Waals surface area contributed by atoms with Gasteiger partial charge in [-0.1, -0.05) is 0 Å². The first-order chi connectivity index (χ1) is 13.4. The molecule has 28 heavy (non-hydrogen) atoms. The fourth-order valence-corrected chi connectivity index (χ4v) is 3.98. The average Bonchev–Trinajstić information content (AvgIpc) is 3.11. The van der Waals surface area contributed by atoms with E-state index >= 15 is 0 Å². The van der Waals surface area contributed by atoms with Gasteiger partial charge in [0.15, 0.2) is 11.6 Å². The molecular formula is C19H16F2N2O3S2. The fraction of sp³-hybridized carbons (Fsp3) is 0.211. The van der Waals surface area contributed by atoms with Gasteiger partial charge in [-0.05, 0) is 42.7 Å². The molecule has 0 saturated carbocycles. The lowest BCUT2D eigenvalue weighted by Gasteiger charge is -2.22. The number of carboxylic acids is 1. The lowest BCUT2D eigenvalue weighted by Crippen LogP contribution is -2.30. The predicted octanol–water partition coefficient (Wildman–Crippen LogP) is 4.69. The molecule has 0 spiro atoms. The number of halogens is 2. The van der Waals surface area contributed by atoms with Crippen LogP contribution in [0, 0.1) is 11.6 Å². The van der Waals surface area contributed by atoms with E-state index in [1.165, 1.54) is 11.0 Å². The molecule has 1 aromatic heterocycles. The highest BCUT2D eigenvalue weighted by Gasteiger charge is 2.20. The number of carbonyl (C=O) groups excluding carboxylic acids is 1. The number of aromatic nitrogens is 1. The third-order valence-corrected chi connectivity index (χ3v) is 5.78. The molecule has 146 valence electrons. The number of thioether (sulfide) groups is 1. The van der Waals surface area contributed by atoms with Crippen molar-refractivity contribution in [1.82, 2.24) is 4.98 Å². The molecule has 0 radical (unpaired) electrons. The number of rotatable bonds is 7. The van der Waals surface area contributed by atoms with Crippen LogP contribution in [0.25, 0.3) is 10.2 Å². The summed E-state index contributed by atoms with van der Waals surface area (Å²) in [4.78, 5) is 30.0. The number of hydrogen-bond acceptors (Lipinski definition) is 5. The van der Waals surface area contributed by atoms with Crippen molar-refractivity contribution < 1.29 is 23.5 Å². The molecule has 1 heterocycles. The molecule has 0 aliphatic carbocycles. The van der Waals surface area contributed by atoms with Gasteiger partial charge >= 0.3 is 5.97 Å². The van der Waals surface area contributed by atoms with Crippen LogP contribution in [0.3, 0.4) is 0 Å². The Morgan fingerprint density at radius 3 is 2.50 bits per heavy atom. The molecule has 9 heteroatoms. The minimum Gasteiger partial charge on any atom is -0.481 e. The van der Waals surface area contributed by atoms with E-state index in [0.29, 0.717) is 15.4 Å². The van der Waals surface area contributed by atoms with Crippen molar-refractivity contribution in [1.29, 1.82) is 0 Å². The molecule has 3 aromatic rings. The zero-order valence-corrected chi connectivity index (χ0v) is 16.4. The molecule has 3 rings (SSSR count). The first-order valence-electron chi connectivity index (χ1n) is 8.28. The molecule has 0 aliphatic heterocycles. The monoisotopic (exact) mass is 422 g/mol. The van der Waals surface area contributed by atoms with E-state index in [1.54, 1.807) is 23.9 Å². The van der Waals surface area contributed by atoms with Crippen LogP contribution in [0.5, 0.6) is 0 Å². The van der Waals surface area contributed by atoms with Crippen molar-refractivity contribution in [2.45, 2.75) is 24.3 Å². The standard InChI is InChI=1S/C19H16F2N2O3S2/c1-27-12-4-2-11(3-5-12)23(16(24)8-9-17(25)26)10-15-22-19-14(28-15)7-6-13(20)18(19)21/h2-7H,8-10H2,1H3,(H,25,26). The molecule has 0 unspecified atom stereocenters. The minimum absolute atomic E-state index is 0.0392. The maximum atomic E-state index is 13.9. The Hall–Kier alpha value is -2.52. The van der Waals surface area contributed by atoms with Gasteiger partial charge in [0.2, 0.25) is 5.91 Å². The van der Waals surface area contributed by atoms with Gasteiger partial charge < -0.3 is 10.0 Å². The molecular weight excluding hydrogens is 406 g/mol. The molecule has 0 saturated heterocycles. The summed E-state index contributed by atoms with van der Waals surface area (Å²) >= 11 is 2.71.